The number of azide groups is 1. The first-order chi connectivity index (χ1) is 10.1. The number of fused-ring (bicyclic) bond motifs is 1. The number of hydrogen-bond donors (Lipinski definition) is 0. The minimum atomic E-state index is -1.23. The summed E-state index contributed by atoms with van der Waals surface area (Å²) in [6, 6.07) is 4.79. The number of benzene rings is 1. The Morgan fingerprint density at radius 2 is 1.62 bits per heavy atom. The van der Waals surface area contributed by atoms with Crippen LogP contribution < -0.4 is 0 Å². The van der Waals surface area contributed by atoms with Gasteiger partial charge in [0.1, 0.15) is 6.04 Å². The highest BCUT2D eigenvalue weighted by Gasteiger charge is 2.49. The van der Waals surface area contributed by atoms with E-state index in [1.165, 1.54) is 12.1 Å². The molecule has 2 aliphatic heterocycles. The number of carbonyl (C=O) groups is 4. The van der Waals surface area contributed by atoms with Crippen LogP contribution in [0.25, 0.3) is 10.4 Å². The van der Waals surface area contributed by atoms with E-state index in [0.717, 1.165) is 0 Å². The van der Waals surface area contributed by atoms with Crippen LogP contribution in [0.1, 0.15) is 27.1 Å². The third-order valence-electron chi connectivity index (χ3n) is 3.26. The molecule has 0 aliphatic carbocycles. The zero-order chi connectivity index (χ0) is 15.1. The van der Waals surface area contributed by atoms with Gasteiger partial charge in [0.15, 0.2) is 0 Å². The molecule has 4 amide bonds. The molecule has 3 rings (SSSR count). The molecule has 1 saturated heterocycles. The first kappa shape index (κ1) is 12.8. The van der Waals surface area contributed by atoms with Crippen molar-refractivity contribution in [3.05, 3.63) is 45.8 Å². The SMILES string of the molecule is [N-]=[N+]=NC1CC(=O)N(N2C(=O)c3ccccc3C2=O)C1=O. The minimum absolute atomic E-state index is 0.121. The largest absolute Gasteiger partial charge is 0.281 e. The summed E-state index contributed by atoms with van der Waals surface area (Å²) in [4.78, 5) is 50.8. The second-order valence-electron chi connectivity index (χ2n) is 4.44. The maximum Gasteiger partial charge on any atom is 0.281 e. The van der Waals surface area contributed by atoms with Crippen molar-refractivity contribution in [2.45, 2.75) is 12.5 Å². The first-order valence-corrected chi connectivity index (χ1v) is 5.95. The average molecular weight is 285 g/mol. The van der Waals surface area contributed by atoms with Crippen LogP contribution in [0.15, 0.2) is 29.4 Å². The van der Waals surface area contributed by atoms with E-state index < -0.39 is 29.7 Å². The van der Waals surface area contributed by atoms with Gasteiger partial charge in [0.2, 0.25) is 5.91 Å². The quantitative estimate of drug-likeness (QED) is 0.342. The van der Waals surface area contributed by atoms with Gasteiger partial charge in [0, 0.05) is 11.3 Å². The van der Waals surface area contributed by atoms with Gasteiger partial charge in [-0.2, -0.15) is 10.0 Å². The fourth-order valence-electron chi connectivity index (χ4n) is 2.32. The Morgan fingerprint density at radius 3 is 2.14 bits per heavy atom. The molecule has 1 atom stereocenters. The van der Waals surface area contributed by atoms with E-state index in [-0.39, 0.29) is 17.5 Å². The summed E-state index contributed by atoms with van der Waals surface area (Å²) in [5.41, 5.74) is 8.60. The summed E-state index contributed by atoms with van der Waals surface area (Å²) < 4.78 is 0. The Bertz CT molecular complexity index is 717. The lowest BCUT2D eigenvalue weighted by atomic mass is 10.1. The molecule has 2 heterocycles. The number of nitrogens with zero attached hydrogens (tertiary/aromatic N) is 5. The standard InChI is InChI=1S/C12H7N5O4/c13-15-14-8-5-9(18)16(12(8)21)17-10(19)6-3-1-2-4-7(6)11(17)20/h1-4,8H,5H2. The topological polar surface area (TPSA) is 124 Å². The highest BCUT2D eigenvalue weighted by atomic mass is 16.2. The fourth-order valence-corrected chi connectivity index (χ4v) is 2.32. The summed E-state index contributed by atoms with van der Waals surface area (Å²) in [6.45, 7) is 0. The number of imide groups is 2. The summed E-state index contributed by atoms with van der Waals surface area (Å²) in [5, 5.41) is 4.16. The van der Waals surface area contributed by atoms with Crippen LogP contribution >= 0.6 is 0 Å². The predicted octanol–water partition coefficient (Wildman–Crippen LogP) is 0.635. The molecule has 0 radical (unpaired) electrons. The van der Waals surface area contributed by atoms with Crippen molar-refractivity contribution < 1.29 is 19.2 Å². The monoisotopic (exact) mass is 285 g/mol. The number of hydrogen-bond acceptors (Lipinski definition) is 5. The molecule has 0 aromatic heterocycles. The van der Waals surface area contributed by atoms with Crippen molar-refractivity contribution in [3.63, 3.8) is 0 Å². The molecule has 1 unspecified atom stereocenters. The minimum Gasteiger partial charge on any atom is -0.272 e. The molecule has 0 saturated carbocycles. The van der Waals surface area contributed by atoms with E-state index in [0.29, 0.717) is 10.0 Å². The maximum atomic E-state index is 12.2. The van der Waals surface area contributed by atoms with Gasteiger partial charge in [-0.05, 0) is 17.7 Å². The molecule has 104 valence electrons. The van der Waals surface area contributed by atoms with Gasteiger partial charge in [0.05, 0.1) is 11.1 Å². The molecular weight excluding hydrogens is 278 g/mol. The highest BCUT2D eigenvalue weighted by molar-refractivity contribution is 6.24. The summed E-state index contributed by atoms with van der Waals surface area (Å²) in [6.07, 6.45) is -0.365. The Hall–Kier alpha value is -3.19. The fraction of sp³-hybridized carbons (Fsp3) is 0.167. The summed E-state index contributed by atoms with van der Waals surface area (Å²) >= 11 is 0. The molecule has 1 aromatic carbocycles. The average Bonchev–Trinajstić information content (AvgIpc) is 2.88. The van der Waals surface area contributed by atoms with Gasteiger partial charge in [-0.25, -0.2) is 0 Å². The van der Waals surface area contributed by atoms with Crippen LogP contribution in [0, 0.1) is 0 Å². The Labute approximate surface area is 117 Å². The van der Waals surface area contributed by atoms with Crippen LogP contribution in [0.5, 0.6) is 0 Å². The smallest absolute Gasteiger partial charge is 0.272 e. The Kier molecular flexibility index (Phi) is 2.70. The number of carbonyl (C=O) groups excluding carboxylic acids is 4. The van der Waals surface area contributed by atoms with Gasteiger partial charge in [-0.1, -0.05) is 17.2 Å². The van der Waals surface area contributed by atoms with E-state index in [1.807, 2.05) is 0 Å². The molecule has 0 spiro atoms. The van der Waals surface area contributed by atoms with Crippen LogP contribution in [-0.2, 0) is 9.59 Å². The van der Waals surface area contributed by atoms with E-state index in [1.54, 1.807) is 12.1 Å². The van der Waals surface area contributed by atoms with Crippen molar-refractivity contribution in [3.8, 4) is 0 Å². The number of amides is 4. The third-order valence-corrected chi connectivity index (χ3v) is 3.26. The first-order valence-electron chi connectivity index (χ1n) is 5.95. The zero-order valence-corrected chi connectivity index (χ0v) is 10.5. The van der Waals surface area contributed by atoms with E-state index in [2.05, 4.69) is 10.0 Å². The molecule has 9 nitrogen and oxygen atoms in total. The van der Waals surface area contributed by atoms with Crippen LogP contribution in [0.4, 0.5) is 0 Å². The van der Waals surface area contributed by atoms with E-state index >= 15 is 0 Å². The van der Waals surface area contributed by atoms with Gasteiger partial charge in [0.25, 0.3) is 17.7 Å². The molecule has 1 fully saturated rings. The molecule has 21 heavy (non-hydrogen) atoms. The van der Waals surface area contributed by atoms with Crippen molar-refractivity contribution in [1.82, 2.24) is 10.0 Å². The summed E-state index contributed by atoms with van der Waals surface area (Å²) in [7, 11) is 0. The van der Waals surface area contributed by atoms with Crippen molar-refractivity contribution in [1.29, 1.82) is 0 Å². The second kappa shape index (κ2) is 4.43. The zero-order valence-electron chi connectivity index (χ0n) is 10.5. The molecule has 1 aromatic rings. The van der Waals surface area contributed by atoms with Crippen molar-refractivity contribution >= 4 is 23.6 Å². The Morgan fingerprint density at radius 1 is 1.05 bits per heavy atom. The summed E-state index contributed by atoms with van der Waals surface area (Å²) in [5.74, 6) is -3.14. The number of rotatable bonds is 2. The molecule has 9 heteroatoms. The van der Waals surface area contributed by atoms with Crippen molar-refractivity contribution in [2.24, 2.45) is 5.11 Å². The second-order valence-corrected chi connectivity index (χ2v) is 4.44. The van der Waals surface area contributed by atoms with E-state index in [9.17, 15) is 19.2 Å². The maximum absolute atomic E-state index is 12.2. The van der Waals surface area contributed by atoms with E-state index in [4.69, 9.17) is 5.53 Å². The Balaban J connectivity index is 2.01. The predicted molar refractivity (Wildman–Crippen MR) is 66.3 cm³/mol. The van der Waals surface area contributed by atoms with Crippen LogP contribution in [0.2, 0.25) is 0 Å². The van der Waals surface area contributed by atoms with Gasteiger partial charge < -0.3 is 0 Å². The lowest BCUT2D eigenvalue weighted by Crippen LogP contribution is -2.50. The molecule has 0 N–H and O–H groups in total. The normalized spacial score (nSPS) is 20.9. The molecule has 2 aliphatic rings. The number of hydrazine groups is 1. The lowest BCUT2D eigenvalue weighted by molar-refractivity contribution is -0.150. The van der Waals surface area contributed by atoms with Crippen LogP contribution in [0.3, 0.4) is 0 Å². The third kappa shape index (κ3) is 1.68. The van der Waals surface area contributed by atoms with Gasteiger partial charge >= 0.3 is 0 Å². The molecule has 0 bridgehead atoms. The lowest BCUT2D eigenvalue weighted by Gasteiger charge is -2.23. The van der Waals surface area contributed by atoms with Crippen molar-refractivity contribution in [2.75, 3.05) is 0 Å². The van der Waals surface area contributed by atoms with Crippen LogP contribution in [-0.4, -0.2) is 39.7 Å². The highest BCUT2D eigenvalue weighted by Crippen LogP contribution is 2.28. The van der Waals surface area contributed by atoms with Gasteiger partial charge in [-0.3, -0.25) is 19.2 Å². The molecular formula is C12H7N5O4. The van der Waals surface area contributed by atoms with Gasteiger partial charge in [-0.15, -0.1) is 0 Å².